The largest absolute Gasteiger partial charge is 0.393 e. The van der Waals surface area contributed by atoms with Crippen LogP contribution in [0.2, 0.25) is 0 Å². The zero-order valence-corrected chi connectivity index (χ0v) is 17.8. The van der Waals surface area contributed by atoms with Gasteiger partial charge in [0, 0.05) is 35.3 Å². The van der Waals surface area contributed by atoms with Crippen molar-refractivity contribution in [3.63, 3.8) is 0 Å². The molecule has 1 aliphatic rings. The minimum Gasteiger partial charge on any atom is -0.393 e. The number of aromatic nitrogens is 4. The van der Waals surface area contributed by atoms with Crippen molar-refractivity contribution in [2.24, 2.45) is 0 Å². The van der Waals surface area contributed by atoms with Crippen LogP contribution in [0, 0.1) is 20.8 Å². The summed E-state index contributed by atoms with van der Waals surface area (Å²) in [7, 11) is 0. The highest BCUT2D eigenvalue weighted by molar-refractivity contribution is 7.99. The van der Waals surface area contributed by atoms with Gasteiger partial charge in [0.05, 0.1) is 6.10 Å². The van der Waals surface area contributed by atoms with Crippen molar-refractivity contribution >= 4 is 29.2 Å². The summed E-state index contributed by atoms with van der Waals surface area (Å²) in [6.07, 6.45) is 1.29. The lowest BCUT2D eigenvalue weighted by Crippen LogP contribution is -2.37. The van der Waals surface area contributed by atoms with Crippen LogP contribution in [-0.4, -0.2) is 44.5 Å². The maximum Gasteiger partial charge on any atom is 0.196 e. The third-order valence-electron chi connectivity index (χ3n) is 5.05. The molecule has 2 aromatic heterocycles. The molecule has 29 heavy (non-hydrogen) atoms. The van der Waals surface area contributed by atoms with Gasteiger partial charge in [0.25, 0.3) is 0 Å². The number of benzene rings is 1. The van der Waals surface area contributed by atoms with Gasteiger partial charge in [-0.25, -0.2) is 9.97 Å². The van der Waals surface area contributed by atoms with E-state index in [4.69, 9.17) is 9.97 Å². The molecule has 1 aliphatic heterocycles. The lowest BCUT2D eigenvalue weighted by molar-refractivity contribution is 0.145. The Bertz CT molecular complexity index is 979. The molecule has 1 fully saturated rings. The molecule has 4 rings (SSSR count). The summed E-state index contributed by atoms with van der Waals surface area (Å²) >= 11 is 1.55. The fraction of sp³-hybridized carbons (Fsp3) is 0.381. The van der Waals surface area contributed by atoms with Crippen molar-refractivity contribution in [1.29, 1.82) is 0 Å². The lowest BCUT2D eigenvalue weighted by atomic mass is 10.1. The average molecular weight is 411 g/mol. The van der Waals surface area contributed by atoms with Crippen LogP contribution >= 0.6 is 11.8 Å². The maximum atomic E-state index is 9.88. The Morgan fingerprint density at radius 3 is 2.48 bits per heavy atom. The number of nitrogens with one attached hydrogen (secondary N) is 2. The second-order valence-electron chi connectivity index (χ2n) is 7.50. The Morgan fingerprint density at radius 1 is 1.10 bits per heavy atom. The number of H-pyrrole nitrogens is 1. The molecule has 3 N–H and O–H groups in total. The summed E-state index contributed by atoms with van der Waals surface area (Å²) < 4.78 is 0. The number of aliphatic hydroxyl groups is 1. The lowest BCUT2D eigenvalue weighted by Gasteiger charge is -2.32. The summed E-state index contributed by atoms with van der Waals surface area (Å²) in [6, 6.07) is 10.3. The Labute approximate surface area is 175 Å². The van der Waals surface area contributed by atoms with Crippen LogP contribution in [0.5, 0.6) is 0 Å². The average Bonchev–Trinajstić information content (AvgIpc) is 3.11. The molecule has 3 heterocycles. The van der Waals surface area contributed by atoms with E-state index in [-0.39, 0.29) is 6.10 Å². The van der Waals surface area contributed by atoms with Crippen molar-refractivity contribution in [1.82, 2.24) is 20.2 Å². The first-order chi connectivity index (χ1) is 14.0. The predicted molar refractivity (Wildman–Crippen MR) is 116 cm³/mol. The molecular formula is C21H26N6OS. The monoisotopic (exact) mass is 410 g/mol. The summed E-state index contributed by atoms with van der Waals surface area (Å²) in [5.74, 6) is 2.40. The summed E-state index contributed by atoms with van der Waals surface area (Å²) in [5, 5.41) is 21.1. The highest BCUT2D eigenvalue weighted by Gasteiger charge is 2.22. The SMILES string of the molecule is Cc1ccc(Sc2nc(Nc3cc(C)[nH]n3)c(C)c(N3CCC(O)CC3)n2)cc1. The number of anilines is 3. The zero-order valence-electron chi connectivity index (χ0n) is 16.9. The van der Waals surface area contributed by atoms with Gasteiger partial charge in [-0.1, -0.05) is 17.7 Å². The summed E-state index contributed by atoms with van der Waals surface area (Å²) in [5.41, 5.74) is 3.19. The first-order valence-corrected chi connectivity index (χ1v) is 10.6. The van der Waals surface area contributed by atoms with Crippen LogP contribution < -0.4 is 10.2 Å². The molecule has 7 nitrogen and oxygen atoms in total. The quantitative estimate of drug-likeness (QED) is 0.548. The molecular weight excluding hydrogens is 384 g/mol. The van der Waals surface area contributed by atoms with Gasteiger partial charge in [-0.3, -0.25) is 5.10 Å². The summed E-state index contributed by atoms with van der Waals surface area (Å²) in [4.78, 5) is 13.0. The fourth-order valence-electron chi connectivity index (χ4n) is 3.35. The van der Waals surface area contributed by atoms with E-state index in [1.54, 1.807) is 11.8 Å². The second kappa shape index (κ2) is 8.42. The van der Waals surface area contributed by atoms with E-state index in [9.17, 15) is 5.11 Å². The molecule has 0 unspecified atom stereocenters. The smallest absolute Gasteiger partial charge is 0.196 e. The van der Waals surface area contributed by atoms with Crippen molar-refractivity contribution in [3.8, 4) is 0 Å². The molecule has 0 spiro atoms. The molecule has 0 saturated carbocycles. The van der Waals surface area contributed by atoms with Crippen molar-refractivity contribution in [2.75, 3.05) is 23.3 Å². The van der Waals surface area contributed by atoms with E-state index in [1.807, 2.05) is 19.9 Å². The minimum absolute atomic E-state index is 0.223. The Morgan fingerprint density at radius 2 is 1.83 bits per heavy atom. The van der Waals surface area contributed by atoms with Crippen molar-refractivity contribution in [3.05, 3.63) is 47.2 Å². The minimum atomic E-state index is -0.223. The van der Waals surface area contributed by atoms with Gasteiger partial charge in [0.15, 0.2) is 11.0 Å². The highest BCUT2D eigenvalue weighted by Crippen LogP contribution is 2.33. The first kappa shape index (κ1) is 19.7. The Balaban J connectivity index is 1.68. The molecule has 0 aliphatic carbocycles. The third-order valence-corrected chi connectivity index (χ3v) is 5.92. The molecule has 1 aromatic carbocycles. The topological polar surface area (TPSA) is 90.0 Å². The second-order valence-corrected chi connectivity index (χ2v) is 8.54. The number of aliphatic hydroxyl groups excluding tert-OH is 1. The molecule has 0 radical (unpaired) electrons. The summed E-state index contributed by atoms with van der Waals surface area (Å²) in [6.45, 7) is 7.65. The van der Waals surface area contributed by atoms with Crippen LogP contribution in [0.3, 0.4) is 0 Å². The molecule has 8 heteroatoms. The van der Waals surface area contributed by atoms with Crippen LogP contribution in [0.15, 0.2) is 40.4 Å². The van der Waals surface area contributed by atoms with E-state index in [2.05, 4.69) is 51.6 Å². The number of aryl methyl sites for hydroxylation is 2. The Kier molecular flexibility index (Phi) is 5.73. The molecule has 0 amide bonds. The van der Waals surface area contributed by atoms with Crippen molar-refractivity contribution in [2.45, 2.75) is 49.8 Å². The van der Waals surface area contributed by atoms with Gasteiger partial charge in [0.1, 0.15) is 11.6 Å². The van der Waals surface area contributed by atoms with Gasteiger partial charge in [0.2, 0.25) is 0 Å². The molecule has 0 bridgehead atoms. The Hall–Kier alpha value is -2.58. The number of hydrogen-bond donors (Lipinski definition) is 3. The maximum absolute atomic E-state index is 9.88. The molecule has 152 valence electrons. The van der Waals surface area contributed by atoms with Crippen LogP contribution in [-0.2, 0) is 0 Å². The number of aromatic amines is 1. The van der Waals surface area contributed by atoms with Crippen LogP contribution in [0.4, 0.5) is 17.5 Å². The van der Waals surface area contributed by atoms with Gasteiger partial charge in [-0.05, 0) is 57.5 Å². The fourth-order valence-corrected chi connectivity index (χ4v) is 4.10. The van der Waals surface area contributed by atoms with Crippen LogP contribution in [0.25, 0.3) is 0 Å². The van der Waals surface area contributed by atoms with Gasteiger partial charge in [-0.15, -0.1) is 0 Å². The van der Waals surface area contributed by atoms with Gasteiger partial charge >= 0.3 is 0 Å². The van der Waals surface area contributed by atoms with E-state index in [0.29, 0.717) is 5.16 Å². The number of piperidine rings is 1. The van der Waals surface area contributed by atoms with E-state index >= 15 is 0 Å². The highest BCUT2D eigenvalue weighted by atomic mass is 32.2. The number of hydrogen-bond acceptors (Lipinski definition) is 7. The first-order valence-electron chi connectivity index (χ1n) is 9.83. The van der Waals surface area contributed by atoms with E-state index in [1.165, 1.54) is 5.56 Å². The van der Waals surface area contributed by atoms with Gasteiger partial charge in [-0.2, -0.15) is 5.10 Å². The normalized spacial score (nSPS) is 15.0. The molecule has 3 aromatic rings. The number of nitrogens with zero attached hydrogens (tertiary/aromatic N) is 4. The molecule has 1 saturated heterocycles. The van der Waals surface area contributed by atoms with E-state index in [0.717, 1.165) is 59.5 Å². The van der Waals surface area contributed by atoms with Gasteiger partial charge < -0.3 is 15.3 Å². The zero-order chi connectivity index (χ0) is 20.4. The number of rotatable bonds is 5. The standard InChI is InChI=1S/C21H26N6OS/c1-13-4-6-17(7-5-13)29-21-23-19(22-18-12-14(2)25-26-18)15(3)20(24-21)27-10-8-16(28)9-11-27/h4-7,12,16,28H,8-11H2,1-3H3,(H2,22,23,24,25,26). The third kappa shape index (κ3) is 4.71. The predicted octanol–water partition coefficient (Wildman–Crippen LogP) is 3.98. The van der Waals surface area contributed by atoms with Crippen molar-refractivity contribution < 1.29 is 5.11 Å². The van der Waals surface area contributed by atoms with Crippen LogP contribution in [0.1, 0.15) is 29.7 Å². The van der Waals surface area contributed by atoms with E-state index < -0.39 is 0 Å². The molecule has 0 atom stereocenters.